The van der Waals surface area contributed by atoms with E-state index in [0.29, 0.717) is 11.6 Å². The van der Waals surface area contributed by atoms with Crippen molar-refractivity contribution in [2.24, 2.45) is 0 Å². The number of nitrogens with one attached hydrogen (secondary N) is 1. The van der Waals surface area contributed by atoms with Crippen LogP contribution in [0, 0.1) is 5.82 Å². The molecule has 2 aromatic carbocycles. The molecule has 0 fully saturated rings. The number of ether oxygens (including phenoxy) is 1. The smallest absolute Gasteiger partial charge is 0.338 e. The maximum absolute atomic E-state index is 13.0. The van der Waals surface area contributed by atoms with Crippen molar-refractivity contribution in [1.29, 1.82) is 0 Å². The Morgan fingerprint density at radius 3 is 2.50 bits per heavy atom. The van der Waals surface area contributed by atoms with E-state index in [9.17, 15) is 14.0 Å². The minimum atomic E-state index is -0.739. The summed E-state index contributed by atoms with van der Waals surface area (Å²) in [4.78, 5) is 23.6. The van der Waals surface area contributed by atoms with Crippen molar-refractivity contribution in [3.05, 3.63) is 65.5 Å². The molecule has 5 heteroatoms. The zero-order valence-electron chi connectivity index (χ0n) is 13.7. The Bertz CT molecular complexity index is 713. The van der Waals surface area contributed by atoms with E-state index in [1.807, 2.05) is 24.3 Å². The molecule has 0 aliphatic rings. The van der Waals surface area contributed by atoms with E-state index in [-0.39, 0.29) is 5.56 Å². The molecule has 126 valence electrons. The summed E-state index contributed by atoms with van der Waals surface area (Å²) in [5, 5.41) is 2.65. The van der Waals surface area contributed by atoms with Crippen LogP contribution in [0.5, 0.6) is 0 Å². The lowest BCUT2D eigenvalue weighted by atomic mass is 9.99. The van der Waals surface area contributed by atoms with Gasteiger partial charge >= 0.3 is 5.97 Å². The first-order chi connectivity index (χ1) is 11.5. The molecule has 24 heavy (non-hydrogen) atoms. The van der Waals surface area contributed by atoms with Crippen molar-refractivity contribution in [3.8, 4) is 0 Å². The number of esters is 1. The molecule has 2 rings (SSSR count). The largest absolute Gasteiger partial charge is 0.452 e. The second kappa shape index (κ2) is 8.24. The second-order valence-corrected chi connectivity index (χ2v) is 5.57. The lowest BCUT2D eigenvalue weighted by Crippen LogP contribution is -2.21. The van der Waals surface area contributed by atoms with Crippen LogP contribution in [0.15, 0.2) is 48.5 Å². The van der Waals surface area contributed by atoms with Gasteiger partial charge in [0.25, 0.3) is 5.91 Å². The van der Waals surface area contributed by atoms with Crippen LogP contribution in [0.25, 0.3) is 0 Å². The van der Waals surface area contributed by atoms with Crippen LogP contribution in [-0.4, -0.2) is 18.5 Å². The molecule has 1 atom stereocenters. The number of anilines is 1. The van der Waals surface area contributed by atoms with Gasteiger partial charge in [-0.2, -0.15) is 0 Å². The number of hydrogen-bond donors (Lipinski definition) is 1. The molecular formula is C19H20FNO3. The Labute approximate surface area is 140 Å². The summed E-state index contributed by atoms with van der Waals surface area (Å²) in [7, 11) is 0. The lowest BCUT2D eigenvalue weighted by molar-refractivity contribution is -0.119. The van der Waals surface area contributed by atoms with Gasteiger partial charge in [0.05, 0.1) is 5.56 Å². The number of hydrogen-bond acceptors (Lipinski definition) is 3. The number of amides is 1. The van der Waals surface area contributed by atoms with Crippen molar-refractivity contribution < 1.29 is 18.7 Å². The molecular weight excluding hydrogens is 309 g/mol. The molecule has 0 aliphatic carbocycles. The zero-order chi connectivity index (χ0) is 17.5. The van der Waals surface area contributed by atoms with E-state index in [0.717, 1.165) is 12.5 Å². The standard InChI is InChI=1S/C19H20FNO3/c1-3-13(2)14-7-9-17(10-8-14)21-18(22)12-24-19(23)15-5-4-6-16(20)11-15/h4-11,13H,3,12H2,1-2H3,(H,21,22). The number of rotatable bonds is 6. The summed E-state index contributed by atoms with van der Waals surface area (Å²) in [6, 6.07) is 12.7. The van der Waals surface area contributed by atoms with Crippen molar-refractivity contribution in [2.45, 2.75) is 26.2 Å². The molecule has 0 bridgehead atoms. The molecule has 2 aromatic rings. The highest BCUT2D eigenvalue weighted by molar-refractivity contribution is 5.95. The van der Waals surface area contributed by atoms with Crippen LogP contribution >= 0.6 is 0 Å². The molecule has 4 nitrogen and oxygen atoms in total. The van der Waals surface area contributed by atoms with E-state index < -0.39 is 24.3 Å². The summed E-state index contributed by atoms with van der Waals surface area (Å²) in [6.07, 6.45) is 1.04. The Kier molecular flexibility index (Phi) is 6.07. The lowest BCUT2D eigenvalue weighted by Gasteiger charge is -2.10. The predicted molar refractivity (Wildman–Crippen MR) is 90.5 cm³/mol. The molecule has 0 saturated heterocycles. The Hall–Kier alpha value is -2.69. The molecule has 0 aromatic heterocycles. The third kappa shape index (κ3) is 4.91. The topological polar surface area (TPSA) is 55.4 Å². The Morgan fingerprint density at radius 1 is 1.17 bits per heavy atom. The fourth-order valence-electron chi connectivity index (χ4n) is 2.16. The highest BCUT2D eigenvalue weighted by Crippen LogP contribution is 2.20. The van der Waals surface area contributed by atoms with Crippen molar-refractivity contribution in [2.75, 3.05) is 11.9 Å². The van der Waals surface area contributed by atoms with Gasteiger partial charge in [-0.25, -0.2) is 9.18 Å². The SMILES string of the molecule is CCC(C)c1ccc(NC(=O)COC(=O)c2cccc(F)c2)cc1. The summed E-state index contributed by atoms with van der Waals surface area (Å²) in [5.74, 6) is -1.26. The fraction of sp³-hybridized carbons (Fsp3) is 0.263. The third-order valence-electron chi connectivity index (χ3n) is 3.77. The number of carbonyl (C=O) groups is 2. The molecule has 0 heterocycles. The Morgan fingerprint density at radius 2 is 1.88 bits per heavy atom. The van der Waals surface area contributed by atoms with Crippen LogP contribution in [-0.2, 0) is 9.53 Å². The van der Waals surface area contributed by atoms with Crippen LogP contribution in [0.3, 0.4) is 0 Å². The molecule has 1 N–H and O–H groups in total. The van der Waals surface area contributed by atoms with Gasteiger partial charge in [0, 0.05) is 5.69 Å². The van der Waals surface area contributed by atoms with Gasteiger partial charge in [-0.3, -0.25) is 4.79 Å². The van der Waals surface area contributed by atoms with Gasteiger partial charge in [-0.1, -0.05) is 32.0 Å². The molecule has 1 unspecified atom stereocenters. The number of benzene rings is 2. The van der Waals surface area contributed by atoms with Crippen LogP contribution in [0.4, 0.5) is 10.1 Å². The summed E-state index contributed by atoms with van der Waals surface area (Å²) >= 11 is 0. The first-order valence-corrected chi connectivity index (χ1v) is 7.82. The molecule has 1 amide bonds. The minimum absolute atomic E-state index is 0.0701. The highest BCUT2D eigenvalue weighted by Gasteiger charge is 2.11. The van der Waals surface area contributed by atoms with Gasteiger partial charge in [0.15, 0.2) is 6.61 Å². The maximum atomic E-state index is 13.0. The first kappa shape index (κ1) is 17.7. The molecule has 0 saturated carbocycles. The van der Waals surface area contributed by atoms with Crippen molar-refractivity contribution >= 4 is 17.6 Å². The minimum Gasteiger partial charge on any atom is -0.452 e. The van der Waals surface area contributed by atoms with Crippen LogP contribution in [0.1, 0.15) is 42.1 Å². The van der Waals surface area contributed by atoms with Crippen molar-refractivity contribution in [1.82, 2.24) is 0 Å². The van der Waals surface area contributed by atoms with E-state index in [1.165, 1.54) is 23.8 Å². The summed E-state index contributed by atoms with van der Waals surface area (Å²) in [6.45, 7) is 3.83. The normalized spacial score (nSPS) is 11.6. The van der Waals surface area contributed by atoms with Gasteiger partial charge in [-0.15, -0.1) is 0 Å². The number of halogens is 1. The fourth-order valence-corrected chi connectivity index (χ4v) is 2.16. The second-order valence-electron chi connectivity index (χ2n) is 5.57. The Balaban J connectivity index is 1.86. The quantitative estimate of drug-likeness (QED) is 0.811. The van der Waals surface area contributed by atoms with E-state index in [2.05, 4.69) is 19.2 Å². The molecule has 0 spiro atoms. The zero-order valence-corrected chi connectivity index (χ0v) is 13.7. The van der Waals surface area contributed by atoms with Crippen LogP contribution in [0.2, 0.25) is 0 Å². The third-order valence-corrected chi connectivity index (χ3v) is 3.77. The average molecular weight is 329 g/mol. The molecule has 0 aliphatic heterocycles. The van der Waals surface area contributed by atoms with Gasteiger partial charge in [0.2, 0.25) is 0 Å². The predicted octanol–water partition coefficient (Wildman–Crippen LogP) is 4.13. The van der Waals surface area contributed by atoms with Gasteiger partial charge in [-0.05, 0) is 48.2 Å². The van der Waals surface area contributed by atoms with E-state index in [1.54, 1.807) is 0 Å². The monoisotopic (exact) mass is 329 g/mol. The summed E-state index contributed by atoms with van der Waals surface area (Å²) < 4.78 is 17.9. The van der Waals surface area contributed by atoms with Gasteiger partial charge < -0.3 is 10.1 Å². The summed E-state index contributed by atoms with van der Waals surface area (Å²) in [5.41, 5.74) is 1.91. The van der Waals surface area contributed by atoms with Gasteiger partial charge in [0.1, 0.15) is 5.82 Å². The maximum Gasteiger partial charge on any atom is 0.338 e. The van der Waals surface area contributed by atoms with E-state index >= 15 is 0 Å². The average Bonchev–Trinajstić information content (AvgIpc) is 2.59. The van der Waals surface area contributed by atoms with E-state index in [4.69, 9.17) is 4.74 Å². The van der Waals surface area contributed by atoms with Crippen LogP contribution < -0.4 is 5.32 Å². The number of carbonyl (C=O) groups excluding carboxylic acids is 2. The highest BCUT2D eigenvalue weighted by atomic mass is 19.1. The first-order valence-electron chi connectivity index (χ1n) is 7.82. The van der Waals surface area contributed by atoms with Crippen molar-refractivity contribution in [3.63, 3.8) is 0 Å². The molecule has 0 radical (unpaired) electrons.